The number of methoxy groups -OCH3 is 2. The fourth-order valence-electron chi connectivity index (χ4n) is 5.71. The molecule has 1 saturated carbocycles. The third-order valence-corrected chi connectivity index (χ3v) is 7.51. The topological polar surface area (TPSA) is 74.3 Å². The van der Waals surface area contributed by atoms with Gasteiger partial charge in [-0.05, 0) is 68.6 Å². The van der Waals surface area contributed by atoms with Crippen molar-refractivity contribution in [3.63, 3.8) is 0 Å². The molecule has 2 fully saturated rings. The van der Waals surface area contributed by atoms with Crippen LogP contribution in [0.25, 0.3) is 0 Å². The molecule has 1 amide bonds. The summed E-state index contributed by atoms with van der Waals surface area (Å²) < 4.78 is 23.1. The fraction of sp³-hybridized carbons (Fsp3) is 0.643. The number of nitrogens with zero attached hydrogens (tertiary/aromatic N) is 1. The molecule has 5 rings (SSSR count). The van der Waals surface area contributed by atoms with Crippen LogP contribution in [0.15, 0.2) is 24.3 Å². The van der Waals surface area contributed by atoms with Gasteiger partial charge in [0.15, 0.2) is 11.5 Å². The summed E-state index contributed by atoms with van der Waals surface area (Å²) in [4.78, 5) is 29.1. The lowest BCUT2D eigenvalue weighted by Gasteiger charge is -2.39. The van der Waals surface area contributed by atoms with Crippen molar-refractivity contribution in [1.82, 2.24) is 4.90 Å². The quantitative estimate of drug-likeness (QED) is 0.442. The summed E-state index contributed by atoms with van der Waals surface area (Å²) in [6.07, 6.45) is 13.2. The largest absolute Gasteiger partial charge is 0.493 e. The Bertz CT molecular complexity index is 882. The first-order valence-corrected chi connectivity index (χ1v) is 13.1. The van der Waals surface area contributed by atoms with Crippen LogP contribution in [0.4, 0.5) is 0 Å². The van der Waals surface area contributed by atoms with Crippen LogP contribution < -0.4 is 14.2 Å². The first-order chi connectivity index (χ1) is 17.1. The highest BCUT2D eigenvalue weighted by atomic mass is 16.5. The number of carbonyl (C=O) groups is 2. The van der Waals surface area contributed by atoms with Crippen molar-refractivity contribution in [2.24, 2.45) is 5.92 Å². The van der Waals surface area contributed by atoms with E-state index in [0.717, 1.165) is 44.1 Å². The third kappa shape index (κ3) is 5.93. The summed E-state index contributed by atoms with van der Waals surface area (Å²) >= 11 is 0. The van der Waals surface area contributed by atoms with Gasteiger partial charge < -0.3 is 23.8 Å². The second kappa shape index (κ2) is 12.3. The normalized spacial score (nSPS) is 25.7. The van der Waals surface area contributed by atoms with Gasteiger partial charge in [-0.15, -0.1) is 0 Å². The first-order valence-electron chi connectivity index (χ1n) is 13.1. The minimum absolute atomic E-state index is 0.0144. The zero-order chi connectivity index (χ0) is 24.6. The zero-order valence-corrected chi connectivity index (χ0v) is 21.1. The molecule has 0 unspecified atom stereocenters. The Labute approximate surface area is 208 Å². The number of ether oxygens (including phenoxy) is 4. The smallest absolute Gasteiger partial charge is 0.328 e. The molecule has 0 aromatic heterocycles. The van der Waals surface area contributed by atoms with Crippen molar-refractivity contribution >= 4 is 11.9 Å². The summed E-state index contributed by atoms with van der Waals surface area (Å²) in [5.41, 5.74) is 0.866. The number of esters is 1. The number of carbonyl (C=O) groups excluding carboxylic acids is 2. The summed E-state index contributed by atoms with van der Waals surface area (Å²) in [5, 5.41) is 0. The van der Waals surface area contributed by atoms with Gasteiger partial charge in [0, 0.05) is 6.54 Å². The second-order valence-corrected chi connectivity index (χ2v) is 9.74. The second-order valence-electron chi connectivity index (χ2n) is 9.74. The molecule has 7 nitrogen and oxygen atoms in total. The highest BCUT2D eigenvalue weighted by molar-refractivity contribution is 5.89. The lowest BCUT2D eigenvalue weighted by Crippen LogP contribution is -2.51. The molecule has 35 heavy (non-hydrogen) atoms. The van der Waals surface area contributed by atoms with Gasteiger partial charge >= 0.3 is 5.97 Å². The lowest BCUT2D eigenvalue weighted by atomic mass is 9.75. The Balaban J connectivity index is 1.78. The van der Waals surface area contributed by atoms with Gasteiger partial charge in [-0.2, -0.15) is 0 Å². The molecule has 1 aliphatic carbocycles. The van der Waals surface area contributed by atoms with Gasteiger partial charge in [0.2, 0.25) is 11.7 Å². The predicted molar refractivity (Wildman–Crippen MR) is 133 cm³/mol. The molecule has 3 aliphatic heterocycles. The van der Waals surface area contributed by atoms with Crippen LogP contribution in [0.2, 0.25) is 0 Å². The number of fused-ring (bicyclic) bond motifs is 10. The number of piperidine rings is 1. The molecule has 2 bridgehead atoms. The SMILES string of the molecule is COc1cc2cc(OC)c1OCC/C=C\CCOC(=O)[C@@H]1CCCCN1C(=O)[C@H]2C1CCCCC1. The van der Waals surface area contributed by atoms with Crippen LogP contribution >= 0.6 is 0 Å². The van der Waals surface area contributed by atoms with Crippen molar-refractivity contribution in [1.29, 1.82) is 0 Å². The van der Waals surface area contributed by atoms with E-state index in [1.165, 1.54) is 6.42 Å². The van der Waals surface area contributed by atoms with Crippen molar-refractivity contribution in [2.75, 3.05) is 34.0 Å². The molecule has 2 atom stereocenters. The predicted octanol–water partition coefficient (Wildman–Crippen LogP) is 5.02. The maximum absolute atomic E-state index is 14.3. The van der Waals surface area contributed by atoms with E-state index in [2.05, 4.69) is 0 Å². The molecule has 4 aliphatic rings. The van der Waals surface area contributed by atoms with Gasteiger partial charge in [-0.1, -0.05) is 31.4 Å². The Morgan fingerprint density at radius 1 is 0.829 bits per heavy atom. The Morgan fingerprint density at radius 2 is 1.46 bits per heavy atom. The van der Waals surface area contributed by atoms with Crippen LogP contribution in [-0.2, 0) is 14.3 Å². The summed E-state index contributed by atoms with van der Waals surface area (Å²) in [5.74, 6) is 1.26. The van der Waals surface area contributed by atoms with E-state index in [1.807, 2.05) is 24.3 Å². The summed E-state index contributed by atoms with van der Waals surface area (Å²) in [6, 6.07) is 3.34. The van der Waals surface area contributed by atoms with Crippen molar-refractivity contribution in [2.45, 2.75) is 76.2 Å². The average Bonchev–Trinajstić information content (AvgIpc) is 2.90. The van der Waals surface area contributed by atoms with Crippen molar-refractivity contribution < 1.29 is 28.5 Å². The Morgan fingerprint density at radius 3 is 2.11 bits per heavy atom. The third-order valence-electron chi connectivity index (χ3n) is 7.51. The van der Waals surface area contributed by atoms with Crippen molar-refractivity contribution in [3.05, 3.63) is 29.8 Å². The maximum Gasteiger partial charge on any atom is 0.328 e. The monoisotopic (exact) mass is 485 g/mol. The number of hydrogen-bond acceptors (Lipinski definition) is 6. The minimum Gasteiger partial charge on any atom is -0.493 e. The van der Waals surface area contributed by atoms with E-state index in [1.54, 1.807) is 19.1 Å². The van der Waals surface area contributed by atoms with Gasteiger partial charge in [0.1, 0.15) is 6.04 Å². The number of rotatable bonds is 3. The molecule has 1 saturated heterocycles. The van der Waals surface area contributed by atoms with Crippen LogP contribution in [-0.4, -0.2) is 56.8 Å². The van der Waals surface area contributed by atoms with E-state index in [9.17, 15) is 9.59 Å². The molecule has 0 N–H and O–H groups in total. The van der Waals surface area contributed by atoms with Crippen LogP contribution in [0.3, 0.4) is 0 Å². The summed E-state index contributed by atoms with van der Waals surface area (Å²) in [7, 11) is 3.23. The van der Waals surface area contributed by atoms with E-state index in [0.29, 0.717) is 56.3 Å². The van der Waals surface area contributed by atoms with Gasteiger partial charge in [-0.3, -0.25) is 4.79 Å². The maximum atomic E-state index is 14.3. The molecule has 0 spiro atoms. The molecular weight excluding hydrogens is 446 g/mol. The van der Waals surface area contributed by atoms with Gasteiger partial charge in [0.05, 0.1) is 33.4 Å². The van der Waals surface area contributed by atoms with Crippen LogP contribution in [0.5, 0.6) is 17.2 Å². The van der Waals surface area contributed by atoms with Gasteiger partial charge in [-0.25, -0.2) is 4.79 Å². The minimum atomic E-state index is -0.520. The first kappa shape index (κ1) is 25.4. The molecule has 1 aromatic carbocycles. The zero-order valence-electron chi connectivity index (χ0n) is 21.1. The molecular formula is C28H39NO6. The molecule has 192 valence electrons. The Hall–Kier alpha value is -2.70. The van der Waals surface area contributed by atoms with E-state index >= 15 is 0 Å². The van der Waals surface area contributed by atoms with Gasteiger partial charge in [0.25, 0.3) is 0 Å². The van der Waals surface area contributed by atoms with Crippen molar-refractivity contribution in [3.8, 4) is 17.2 Å². The number of benzene rings is 1. The highest BCUT2D eigenvalue weighted by Gasteiger charge is 2.40. The number of hydrogen-bond donors (Lipinski definition) is 0. The average molecular weight is 486 g/mol. The Kier molecular flexibility index (Phi) is 8.94. The molecule has 3 heterocycles. The standard InChI is InChI=1S/C28H39NO6/c1-32-23-18-21-19-24(33-2)26(23)34-16-10-3-4-11-17-35-28(31)22-14-8-9-15-29(22)27(30)25(21)20-12-6-5-7-13-20/h3-4,18-20,22,25H,5-17H2,1-2H3/b4-3-/t22-,25-/m0/s1. The van der Waals surface area contributed by atoms with E-state index < -0.39 is 6.04 Å². The molecule has 0 radical (unpaired) electrons. The fourth-order valence-corrected chi connectivity index (χ4v) is 5.71. The lowest BCUT2D eigenvalue weighted by molar-refractivity contribution is -0.158. The number of amides is 1. The highest BCUT2D eigenvalue weighted by Crippen LogP contribution is 2.45. The van der Waals surface area contributed by atoms with E-state index in [4.69, 9.17) is 18.9 Å². The van der Waals surface area contributed by atoms with Crippen LogP contribution in [0.1, 0.15) is 75.7 Å². The molecule has 7 heteroatoms. The molecule has 1 aromatic rings. The van der Waals surface area contributed by atoms with E-state index in [-0.39, 0.29) is 23.7 Å². The van der Waals surface area contributed by atoms with Crippen LogP contribution in [0, 0.1) is 5.92 Å². The summed E-state index contributed by atoms with van der Waals surface area (Å²) in [6.45, 7) is 1.36.